The van der Waals surface area contributed by atoms with Gasteiger partial charge in [0.25, 0.3) is 5.91 Å². The molecule has 12 nitrogen and oxygen atoms in total. The molecule has 0 bridgehead atoms. The number of carbonyl (C=O) groups excluding carboxylic acids is 1. The summed E-state index contributed by atoms with van der Waals surface area (Å²) in [6, 6.07) is 7.29. The van der Waals surface area contributed by atoms with Crippen molar-refractivity contribution in [1.29, 1.82) is 5.26 Å². The molecule has 184 valence electrons. The first kappa shape index (κ1) is 25.3. The van der Waals surface area contributed by atoms with E-state index in [0.717, 1.165) is 25.5 Å². The predicted molar refractivity (Wildman–Crippen MR) is 123 cm³/mol. The van der Waals surface area contributed by atoms with Crippen LogP contribution in [0, 0.1) is 11.3 Å². The van der Waals surface area contributed by atoms with Gasteiger partial charge in [0.15, 0.2) is 11.5 Å². The zero-order valence-electron chi connectivity index (χ0n) is 18.5. The molecule has 1 amide bonds. The number of aliphatic carboxylic acids is 1. The summed E-state index contributed by atoms with van der Waals surface area (Å²) in [5, 5.41) is 26.9. The number of carboxylic acid groups (broad SMARTS) is 1. The summed E-state index contributed by atoms with van der Waals surface area (Å²) in [5.41, 5.74) is -1.50. The fourth-order valence-corrected chi connectivity index (χ4v) is 4.93. The first-order valence-electron chi connectivity index (χ1n) is 10.9. The van der Waals surface area contributed by atoms with Crippen molar-refractivity contribution in [3.63, 3.8) is 0 Å². The van der Waals surface area contributed by atoms with Crippen molar-refractivity contribution in [2.75, 3.05) is 32.0 Å². The van der Waals surface area contributed by atoms with Crippen molar-refractivity contribution in [2.24, 2.45) is 4.99 Å². The van der Waals surface area contributed by atoms with Gasteiger partial charge in [0, 0.05) is 31.5 Å². The largest absolute Gasteiger partial charge is 0.492 e. The summed E-state index contributed by atoms with van der Waals surface area (Å²) >= 11 is 0. The normalized spacial score (nSPS) is 21.4. The lowest BCUT2D eigenvalue weighted by Crippen LogP contribution is -2.50. The van der Waals surface area contributed by atoms with Crippen LogP contribution in [0.25, 0.3) is 0 Å². The lowest BCUT2D eigenvalue weighted by atomic mass is 10.2. The fraction of sp³-hybridized carbons (Fsp3) is 0.524. The number of hydrogen-bond donors (Lipinski definition) is 5. The number of nitrogens with zero attached hydrogens (tertiary/aromatic N) is 2. The number of unbranched alkanes of at least 4 members (excludes halogenated alkanes) is 1. The van der Waals surface area contributed by atoms with Crippen LogP contribution < -0.4 is 25.4 Å². The fourth-order valence-electron chi connectivity index (χ4n) is 3.43. The predicted octanol–water partition coefficient (Wildman–Crippen LogP) is -0.447. The molecule has 1 aliphatic heterocycles. The molecule has 2 atom stereocenters. The number of rotatable bonds is 12. The number of sulfonamides is 1. The van der Waals surface area contributed by atoms with Gasteiger partial charge in [0.2, 0.25) is 10.0 Å². The molecule has 1 saturated carbocycles. The van der Waals surface area contributed by atoms with E-state index in [0.29, 0.717) is 18.9 Å². The van der Waals surface area contributed by atoms with Gasteiger partial charge in [-0.2, -0.15) is 9.98 Å². The number of aliphatic imine (C=N–C) groups is 1. The molecule has 0 aromatic heterocycles. The molecule has 34 heavy (non-hydrogen) atoms. The van der Waals surface area contributed by atoms with Crippen molar-refractivity contribution in [3.05, 3.63) is 29.8 Å². The Morgan fingerprint density at radius 3 is 2.74 bits per heavy atom. The van der Waals surface area contributed by atoms with E-state index in [9.17, 15) is 23.1 Å². The number of carbonyl (C=O) groups is 2. The van der Waals surface area contributed by atoms with Crippen LogP contribution in [0.4, 0.5) is 0 Å². The van der Waals surface area contributed by atoms with Crippen molar-refractivity contribution in [2.45, 2.75) is 37.3 Å². The molecule has 0 spiro atoms. The monoisotopic (exact) mass is 492 g/mol. The highest BCUT2D eigenvalue weighted by Crippen LogP contribution is 2.37. The Morgan fingerprint density at radius 2 is 2.09 bits per heavy atom. The summed E-state index contributed by atoms with van der Waals surface area (Å²) in [4.78, 5) is 28.6. The number of amides is 1. The summed E-state index contributed by atoms with van der Waals surface area (Å²) in [7, 11) is -3.92. The third kappa shape index (κ3) is 6.82. The Kier molecular flexibility index (Phi) is 8.30. The zero-order valence-corrected chi connectivity index (χ0v) is 19.4. The molecular weight excluding hydrogens is 464 g/mol. The van der Waals surface area contributed by atoms with E-state index in [-0.39, 0.29) is 30.6 Å². The molecule has 0 radical (unpaired) electrons. The van der Waals surface area contributed by atoms with Crippen LogP contribution in [0.1, 0.15) is 36.0 Å². The maximum atomic E-state index is 12.5. The Hall–Kier alpha value is -3.37. The summed E-state index contributed by atoms with van der Waals surface area (Å²) in [6.07, 6.45) is 1.08. The standard InChI is InChI=1S/C21H28N6O6S/c22-8-1-2-13-34(31,32)27-21(19(29)30)14-17(21)26-18(28)15-4-6-16(7-5-15)33-12-11-25-20-23-9-3-10-24-20/h4-7,17,27H,1-3,9-14H2,(H,26,28)(H,29,30)(H2,23,24,25)/t17-,21?/m1/s1. The van der Waals surface area contributed by atoms with E-state index in [4.69, 9.17) is 10.00 Å². The lowest BCUT2D eigenvalue weighted by molar-refractivity contribution is -0.140. The molecule has 1 aromatic carbocycles. The second-order valence-electron chi connectivity index (χ2n) is 8.00. The van der Waals surface area contributed by atoms with Crippen molar-refractivity contribution in [1.82, 2.24) is 20.7 Å². The minimum Gasteiger partial charge on any atom is -0.492 e. The SMILES string of the molecule is N#CCCCS(=O)(=O)NC1(C(=O)O)C[C@H]1NC(=O)c1ccc(OCCNC2=NCCCN2)cc1. The van der Waals surface area contributed by atoms with Crippen LogP contribution >= 0.6 is 0 Å². The van der Waals surface area contributed by atoms with E-state index < -0.39 is 33.5 Å². The molecular formula is C21H28N6O6S. The van der Waals surface area contributed by atoms with Gasteiger partial charge in [0.05, 0.1) is 24.4 Å². The van der Waals surface area contributed by atoms with Crippen LogP contribution in [0.5, 0.6) is 5.75 Å². The van der Waals surface area contributed by atoms with Gasteiger partial charge in [-0.25, -0.2) is 8.42 Å². The second-order valence-corrected chi connectivity index (χ2v) is 9.84. The Labute approximate surface area is 197 Å². The number of guanidine groups is 1. The molecule has 1 fully saturated rings. The number of nitriles is 1. The van der Waals surface area contributed by atoms with Crippen LogP contribution in [0.2, 0.25) is 0 Å². The molecule has 3 rings (SSSR count). The van der Waals surface area contributed by atoms with Crippen LogP contribution in [-0.2, 0) is 14.8 Å². The average Bonchev–Trinajstić information content (AvgIpc) is 3.50. The number of benzene rings is 1. The second kappa shape index (κ2) is 11.2. The van der Waals surface area contributed by atoms with Crippen LogP contribution in [0.15, 0.2) is 29.3 Å². The van der Waals surface area contributed by atoms with Gasteiger partial charge in [-0.15, -0.1) is 0 Å². The molecule has 1 unspecified atom stereocenters. The number of carboxylic acids is 1. The number of nitrogens with one attached hydrogen (secondary N) is 4. The Balaban J connectivity index is 1.47. The summed E-state index contributed by atoms with van der Waals surface area (Å²) in [6.45, 7) is 2.63. The van der Waals surface area contributed by atoms with Gasteiger partial charge in [-0.05, 0) is 37.1 Å². The topological polar surface area (TPSA) is 182 Å². The van der Waals surface area contributed by atoms with E-state index >= 15 is 0 Å². The van der Waals surface area contributed by atoms with Gasteiger partial charge < -0.3 is 25.8 Å². The van der Waals surface area contributed by atoms with E-state index in [1.165, 1.54) is 0 Å². The number of hydrogen-bond acceptors (Lipinski definition) is 9. The molecule has 1 heterocycles. The zero-order chi connectivity index (χ0) is 24.6. The molecule has 13 heteroatoms. The quantitative estimate of drug-likeness (QED) is 0.241. The smallest absolute Gasteiger partial charge is 0.327 e. The van der Waals surface area contributed by atoms with Crippen LogP contribution in [-0.4, -0.2) is 74.9 Å². The highest BCUT2D eigenvalue weighted by atomic mass is 32.2. The molecule has 1 aromatic rings. The van der Waals surface area contributed by atoms with Crippen molar-refractivity contribution < 1.29 is 27.9 Å². The van der Waals surface area contributed by atoms with Crippen molar-refractivity contribution >= 4 is 27.9 Å². The molecule has 0 saturated heterocycles. The average molecular weight is 493 g/mol. The summed E-state index contributed by atoms with van der Waals surface area (Å²) < 4.78 is 32.2. The molecule has 5 N–H and O–H groups in total. The first-order chi connectivity index (χ1) is 16.3. The highest BCUT2D eigenvalue weighted by molar-refractivity contribution is 7.89. The van der Waals surface area contributed by atoms with Gasteiger partial charge >= 0.3 is 5.97 Å². The third-order valence-electron chi connectivity index (χ3n) is 5.36. The van der Waals surface area contributed by atoms with Gasteiger partial charge in [0.1, 0.15) is 12.4 Å². The lowest BCUT2D eigenvalue weighted by Gasteiger charge is -2.16. The van der Waals surface area contributed by atoms with E-state index in [1.807, 2.05) is 6.07 Å². The van der Waals surface area contributed by atoms with Crippen molar-refractivity contribution in [3.8, 4) is 11.8 Å². The minimum atomic E-state index is -3.92. The number of ether oxygens (including phenoxy) is 1. The minimum absolute atomic E-state index is 0.0455. The van der Waals surface area contributed by atoms with E-state index in [2.05, 4.69) is 25.7 Å². The Bertz CT molecular complexity index is 1070. The van der Waals surface area contributed by atoms with E-state index in [1.54, 1.807) is 24.3 Å². The molecule has 1 aliphatic carbocycles. The summed E-state index contributed by atoms with van der Waals surface area (Å²) in [5.74, 6) is -0.935. The highest BCUT2D eigenvalue weighted by Gasteiger charge is 2.63. The maximum Gasteiger partial charge on any atom is 0.327 e. The molecule has 2 aliphatic rings. The maximum absolute atomic E-state index is 12.5. The first-order valence-corrected chi connectivity index (χ1v) is 12.6. The van der Waals surface area contributed by atoms with Crippen LogP contribution in [0.3, 0.4) is 0 Å². The van der Waals surface area contributed by atoms with Gasteiger partial charge in [-0.1, -0.05) is 0 Å². The Morgan fingerprint density at radius 1 is 1.32 bits per heavy atom. The van der Waals surface area contributed by atoms with Gasteiger partial charge in [-0.3, -0.25) is 14.6 Å². The third-order valence-corrected chi connectivity index (χ3v) is 6.87.